The largest absolute Gasteiger partial charge is 0.365 e. The smallest absolute Gasteiger partial charge is 0.251 e. The first-order chi connectivity index (χ1) is 10.2. The number of piperidine rings is 1. The van der Waals surface area contributed by atoms with Gasteiger partial charge in [0.1, 0.15) is 6.10 Å². The van der Waals surface area contributed by atoms with E-state index in [0.29, 0.717) is 12.5 Å². The molecule has 2 heterocycles. The molecule has 116 valence electrons. The molecule has 0 bridgehead atoms. The van der Waals surface area contributed by atoms with E-state index < -0.39 is 6.10 Å². The molecule has 0 spiro atoms. The molecule has 1 amide bonds. The second-order valence-electron chi connectivity index (χ2n) is 5.42. The predicted molar refractivity (Wildman–Crippen MR) is 85.7 cm³/mol. The van der Waals surface area contributed by atoms with Crippen LogP contribution in [-0.2, 0) is 16.0 Å². The van der Waals surface area contributed by atoms with E-state index in [1.54, 1.807) is 17.4 Å². The first-order valence-electron chi connectivity index (χ1n) is 7.61. The average molecular weight is 308 g/mol. The summed E-state index contributed by atoms with van der Waals surface area (Å²) in [6, 6.07) is 0. The fourth-order valence-electron chi connectivity index (χ4n) is 2.59. The topological polar surface area (TPSA) is 42.4 Å². The molecule has 0 aliphatic carbocycles. The number of aryl methyl sites for hydroxylation is 1. The van der Waals surface area contributed by atoms with Gasteiger partial charge in [0.05, 0.1) is 17.3 Å². The van der Waals surface area contributed by atoms with Gasteiger partial charge in [0.15, 0.2) is 0 Å². The van der Waals surface area contributed by atoms with E-state index in [0.717, 1.165) is 38.0 Å². The Morgan fingerprint density at radius 1 is 1.71 bits per heavy atom. The highest BCUT2D eigenvalue weighted by molar-refractivity contribution is 7.09. The van der Waals surface area contributed by atoms with Crippen molar-refractivity contribution in [1.82, 2.24) is 9.88 Å². The summed E-state index contributed by atoms with van der Waals surface area (Å²) in [7, 11) is 0. The summed E-state index contributed by atoms with van der Waals surface area (Å²) in [6.45, 7) is 9.54. The molecule has 0 radical (unpaired) electrons. The van der Waals surface area contributed by atoms with Crippen molar-refractivity contribution < 1.29 is 9.53 Å². The summed E-state index contributed by atoms with van der Waals surface area (Å²) in [5.41, 5.74) is 1.15. The van der Waals surface area contributed by atoms with Crippen LogP contribution in [0.4, 0.5) is 0 Å². The number of thiazole rings is 1. The highest BCUT2D eigenvalue weighted by Gasteiger charge is 2.29. The molecule has 1 fully saturated rings. The summed E-state index contributed by atoms with van der Waals surface area (Å²) in [4.78, 5) is 19.0. The van der Waals surface area contributed by atoms with E-state index in [-0.39, 0.29) is 5.91 Å². The molecule has 2 unspecified atom stereocenters. The molecule has 2 atom stereocenters. The van der Waals surface area contributed by atoms with Gasteiger partial charge in [-0.1, -0.05) is 13.0 Å². The Morgan fingerprint density at radius 2 is 2.52 bits per heavy atom. The minimum atomic E-state index is -0.399. The van der Waals surface area contributed by atoms with Gasteiger partial charge in [0, 0.05) is 24.4 Å². The van der Waals surface area contributed by atoms with Crippen molar-refractivity contribution >= 4 is 17.2 Å². The molecule has 4 nitrogen and oxygen atoms in total. The van der Waals surface area contributed by atoms with Crippen LogP contribution in [0.15, 0.2) is 18.0 Å². The predicted octanol–water partition coefficient (Wildman–Crippen LogP) is 3.00. The standard InChI is InChI=1S/C16H24N2O2S/c1-4-9-20-12(3)16(19)18-8-6-7-13(10-18)15-17-14(5-2)11-21-15/h4,11-13H,1,5-10H2,2-3H3. The van der Waals surface area contributed by atoms with Gasteiger partial charge in [-0.2, -0.15) is 0 Å². The lowest BCUT2D eigenvalue weighted by atomic mass is 9.98. The van der Waals surface area contributed by atoms with E-state index in [1.807, 2.05) is 11.8 Å². The van der Waals surface area contributed by atoms with Crippen molar-refractivity contribution in [3.8, 4) is 0 Å². The van der Waals surface area contributed by atoms with Gasteiger partial charge in [-0.3, -0.25) is 4.79 Å². The highest BCUT2D eigenvalue weighted by Crippen LogP contribution is 2.29. The molecular weight excluding hydrogens is 284 g/mol. The third-order valence-electron chi connectivity index (χ3n) is 3.83. The first-order valence-corrected chi connectivity index (χ1v) is 8.49. The molecule has 1 aliphatic heterocycles. The van der Waals surface area contributed by atoms with Crippen LogP contribution < -0.4 is 0 Å². The van der Waals surface area contributed by atoms with Crippen molar-refractivity contribution in [3.05, 3.63) is 28.7 Å². The fraction of sp³-hybridized carbons (Fsp3) is 0.625. The third kappa shape index (κ3) is 4.14. The number of rotatable bonds is 6. The van der Waals surface area contributed by atoms with Gasteiger partial charge in [-0.05, 0) is 26.2 Å². The van der Waals surface area contributed by atoms with Crippen molar-refractivity contribution in [2.24, 2.45) is 0 Å². The van der Waals surface area contributed by atoms with E-state index >= 15 is 0 Å². The van der Waals surface area contributed by atoms with E-state index in [2.05, 4.69) is 23.9 Å². The normalized spacial score (nSPS) is 20.3. The zero-order valence-corrected chi connectivity index (χ0v) is 13.7. The van der Waals surface area contributed by atoms with Crippen LogP contribution >= 0.6 is 11.3 Å². The highest BCUT2D eigenvalue weighted by atomic mass is 32.1. The zero-order chi connectivity index (χ0) is 15.2. The summed E-state index contributed by atoms with van der Waals surface area (Å²) < 4.78 is 5.45. The van der Waals surface area contributed by atoms with E-state index in [9.17, 15) is 4.79 Å². The number of aromatic nitrogens is 1. The maximum Gasteiger partial charge on any atom is 0.251 e. The van der Waals surface area contributed by atoms with Gasteiger partial charge in [0.25, 0.3) is 5.91 Å². The zero-order valence-electron chi connectivity index (χ0n) is 12.9. The minimum Gasteiger partial charge on any atom is -0.365 e. The molecule has 0 N–H and O–H groups in total. The summed E-state index contributed by atoms with van der Waals surface area (Å²) in [5, 5.41) is 3.30. The minimum absolute atomic E-state index is 0.0776. The van der Waals surface area contributed by atoms with Gasteiger partial charge in [-0.25, -0.2) is 4.98 Å². The number of likely N-dealkylation sites (tertiary alicyclic amines) is 1. The number of carbonyl (C=O) groups excluding carboxylic acids is 1. The quantitative estimate of drug-likeness (QED) is 0.759. The maximum absolute atomic E-state index is 12.4. The van der Waals surface area contributed by atoms with Gasteiger partial charge < -0.3 is 9.64 Å². The lowest BCUT2D eigenvalue weighted by Gasteiger charge is -2.33. The average Bonchev–Trinajstić information content (AvgIpc) is 3.01. The Balaban J connectivity index is 1.96. The number of amides is 1. The summed E-state index contributed by atoms with van der Waals surface area (Å²) >= 11 is 1.72. The van der Waals surface area contributed by atoms with Crippen molar-refractivity contribution in [1.29, 1.82) is 0 Å². The van der Waals surface area contributed by atoms with Crippen LogP contribution in [0.1, 0.15) is 43.3 Å². The van der Waals surface area contributed by atoms with Gasteiger partial charge in [-0.15, -0.1) is 17.9 Å². The van der Waals surface area contributed by atoms with E-state index in [4.69, 9.17) is 4.74 Å². The molecule has 1 aromatic heterocycles. The molecule has 1 aromatic rings. The Morgan fingerprint density at radius 3 is 3.19 bits per heavy atom. The van der Waals surface area contributed by atoms with Crippen molar-refractivity contribution in [3.63, 3.8) is 0 Å². The Labute approximate surface area is 130 Å². The number of hydrogen-bond acceptors (Lipinski definition) is 4. The van der Waals surface area contributed by atoms with Crippen LogP contribution in [0, 0.1) is 0 Å². The molecular formula is C16H24N2O2S. The summed E-state index contributed by atoms with van der Waals surface area (Å²) in [5.74, 6) is 0.452. The Bertz CT molecular complexity index is 486. The van der Waals surface area contributed by atoms with Crippen LogP contribution in [0.3, 0.4) is 0 Å². The van der Waals surface area contributed by atoms with Crippen molar-refractivity contribution in [2.45, 2.75) is 45.1 Å². The molecule has 0 saturated carbocycles. The third-order valence-corrected chi connectivity index (χ3v) is 4.88. The summed E-state index contributed by atoms with van der Waals surface area (Å²) in [6.07, 6.45) is 4.39. The second kappa shape index (κ2) is 7.71. The van der Waals surface area contributed by atoms with Gasteiger partial charge in [0.2, 0.25) is 0 Å². The number of ether oxygens (including phenoxy) is 1. The number of nitrogens with zero attached hydrogens (tertiary/aromatic N) is 2. The maximum atomic E-state index is 12.4. The monoisotopic (exact) mass is 308 g/mol. The van der Waals surface area contributed by atoms with Gasteiger partial charge >= 0.3 is 0 Å². The lowest BCUT2D eigenvalue weighted by Crippen LogP contribution is -2.44. The molecule has 5 heteroatoms. The lowest BCUT2D eigenvalue weighted by molar-refractivity contribution is -0.143. The fourth-order valence-corrected chi connectivity index (χ4v) is 3.62. The molecule has 1 saturated heterocycles. The van der Waals surface area contributed by atoms with Crippen LogP contribution in [0.25, 0.3) is 0 Å². The second-order valence-corrected chi connectivity index (χ2v) is 6.31. The molecule has 1 aliphatic rings. The number of hydrogen-bond donors (Lipinski definition) is 0. The van der Waals surface area contributed by atoms with Crippen LogP contribution in [-0.4, -0.2) is 41.6 Å². The Kier molecular flexibility index (Phi) is 5.94. The molecule has 2 rings (SSSR count). The van der Waals surface area contributed by atoms with Crippen molar-refractivity contribution in [2.75, 3.05) is 19.7 Å². The molecule has 21 heavy (non-hydrogen) atoms. The molecule has 0 aromatic carbocycles. The van der Waals surface area contributed by atoms with Crippen LogP contribution in [0.2, 0.25) is 0 Å². The van der Waals surface area contributed by atoms with Crippen LogP contribution in [0.5, 0.6) is 0 Å². The van der Waals surface area contributed by atoms with E-state index in [1.165, 1.54) is 5.01 Å². The first kappa shape index (κ1) is 16.2. The number of carbonyl (C=O) groups is 1. The SMILES string of the molecule is C=CCOC(C)C(=O)N1CCCC(c2nc(CC)cs2)C1. The Hall–Kier alpha value is -1.20.